The Balaban J connectivity index is 1.70. The van der Waals surface area contributed by atoms with Crippen LogP contribution in [0.15, 0.2) is 55.1 Å². The molecule has 0 aliphatic carbocycles. The summed E-state index contributed by atoms with van der Waals surface area (Å²) < 4.78 is 16.0. The second-order valence-electron chi connectivity index (χ2n) is 5.73. The molecule has 1 saturated heterocycles. The lowest BCUT2D eigenvalue weighted by molar-refractivity contribution is -0.128. The average Bonchev–Trinajstić information content (AvgIpc) is 3.08. The van der Waals surface area contributed by atoms with Gasteiger partial charge in [-0.05, 0) is 42.0 Å². The topological polar surface area (TPSA) is 48.0 Å². The molecule has 24 heavy (non-hydrogen) atoms. The molecule has 1 amide bonds. The minimum Gasteiger partial charge on any atom is -0.497 e. The van der Waals surface area contributed by atoms with Crippen LogP contribution in [0.4, 0.5) is 5.69 Å². The monoisotopic (exact) mass is 323 g/mol. The quantitative estimate of drug-likeness (QED) is 0.640. The van der Waals surface area contributed by atoms with E-state index in [9.17, 15) is 4.79 Å². The zero-order valence-electron chi connectivity index (χ0n) is 13.3. The highest BCUT2D eigenvalue weighted by molar-refractivity contribution is 6.04. The van der Waals surface area contributed by atoms with Crippen molar-refractivity contribution in [3.63, 3.8) is 0 Å². The summed E-state index contributed by atoms with van der Waals surface area (Å²) >= 11 is 0. The number of carbonyl (C=O) groups excluding carboxylic acids is 1. The molecule has 2 aliphatic rings. The van der Waals surface area contributed by atoms with Crippen molar-refractivity contribution in [2.45, 2.75) is 6.04 Å². The Hall–Kier alpha value is -2.95. The Morgan fingerprint density at radius 3 is 2.62 bits per heavy atom. The lowest BCUT2D eigenvalue weighted by Crippen LogP contribution is -2.54. The molecular formula is C19H17NO4. The molecule has 4 rings (SSSR count). The number of hydrogen-bond acceptors (Lipinski definition) is 4. The Morgan fingerprint density at radius 2 is 1.92 bits per heavy atom. The second-order valence-corrected chi connectivity index (χ2v) is 5.73. The predicted octanol–water partition coefficient (Wildman–Crippen LogP) is 3.31. The van der Waals surface area contributed by atoms with Gasteiger partial charge in [-0.15, -0.1) is 6.58 Å². The molecule has 5 heteroatoms. The van der Waals surface area contributed by atoms with Gasteiger partial charge in [0.05, 0.1) is 19.1 Å². The van der Waals surface area contributed by atoms with Crippen LogP contribution in [0, 0.1) is 5.92 Å². The first kappa shape index (κ1) is 14.6. The average molecular weight is 323 g/mol. The summed E-state index contributed by atoms with van der Waals surface area (Å²) in [6, 6.07) is 13.2. The summed E-state index contributed by atoms with van der Waals surface area (Å²) in [6.45, 7) is 4.05. The van der Waals surface area contributed by atoms with Crippen molar-refractivity contribution >= 4 is 11.6 Å². The molecule has 0 unspecified atom stereocenters. The van der Waals surface area contributed by atoms with E-state index in [1.54, 1.807) is 18.1 Å². The number of rotatable bonds is 4. The third-order valence-corrected chi connectivity index (χ3v) is 4.48. The Morgan fingerprint density at radius 1 is 1.17 bits per heavy atom. The SMILES string of the molecule is C=C[C@H]1C(=O)N(c2ccc(OC)cc2)[C@@H]1c1ccc2c(c1)OCO2. The van der Waals surface area contributed by atoms with Crippen LogP contribution in [0.3, 0.4) is 0 Å². The molecule has 5 nitrogen and oxygen atoms in total. The van der Waals surface area contributed by atoms with E-state index in [0.717, 1.165) is 22.7 Å². The number of methoxy groups -OCH3 is 1. The van der Waals surface area contributed by atoms with E-state index in [-0.39, 0.29) is 24.7 Å². The molecule has 2 aliphatic heterocycles. The normalized spacial score (nSPS) is 21.4. The highest BCUT2D eigenvalue weighted by Gasteiger charge is 2.47. The maximum Gasteiger partial charge on any atom is 0.236 e. The Bertz CT molecular complexity index is 800. The molecule has 2 heterocycles. The largest absolute Gasteiger partial charge is 0.497 e. The summed E-state index contributed by atoms with van der Waals surface area (Å²) in [5, 5.41) is 0. The minimum atomic E-state index is -0.243. The van der Waals surface area contributed by atoms with Gasteiger partial charge in [-0.2, -0.15) is 0 Å². The minimum absolute atomic E-state index is 0.0397. The maximum atomic E-state index is 12.5. The number of hydrogen-bond donors (Lipinski definition) is 0. The summed E-state index contributed by atoms with van der Waals surface area (Å²) in [6.07, 6.45) is 1.71. The molecule has 2 aromatic rings. The van der Waals surface area contributed by atoms with Gasteiger partial charge < -0.3 is 19.1 Å². The molecule has 2 atom stereocenters. The summed E-state index contributed by atoms with van der Waals surface area (Å²) in [7, 11) is 1.62. The second kappa shape index (κ2) is 5.60. The standard InChI is InChI=1S/C19H17NO4/c1-3-15-18(12-4-9-16-17(10-12)24-11-23-16)20(19(15)21)13-5-7-14(22-2)8-6-13/h3-10,15,18H,1,11H2,2H3/t15-,18-/m1/s1. The van der Waals surface area contributed by atoms with Crippen LogP contribution in [0.5, 0.6) is 17.2 Å². The molecule has 0 aromatic heterocycles. The van der Waals surface area contributed by atoms with Crippen LogP contribution in [0.2, 0.25) is 0 Å². The Kier molecular flexibility index (Phi) is 3.41. The van der Waals surface area contributed by atoms with Crippen molar-refractivity contribution < 1.29 is 19.0 Å². The van der Waals surface area contributed by atoms with Crippen LogP contribution in [-0.2, 0) is 4.79 Å². The van der Waals surface area contributed by atoms with E-state index in [4.69, 9.17) is 14.2 Å². The van der Waals surface area contributed by atoms with E-state index >= 15 is 0 Å². The molecule has 0 radical (unpaired) electrons. The van der Waals surface area contributed by atoms with E-state index in [1.165, 1.54) is 0 Å². The van der Waals surface area contributed by atoms with Crippen LogP contribution in [-0.4, -0.2) is 19.8 Å². The molecule has 1 fully saturated rings. The number of benzene rings is 2. The van der Waals surface area contributed by atoms with Gasteiger partial charge in [-0.25, -0.2) is 0 Å². The van der Waals surface area contributed by atoms with Gasteiger partial charge in [0, 0.05) is 5.69 Å². The molecular weight excluding hydrogens is 306 g/mol. The number of β-lactam (4-membered cyclic amide) rings is 1. The lowest BCUT2D eigenvalue weighted by atomic mass is 9.81. The number of anilines is 1. The van der Waals surface area contributed by atoms with Gasteiger partial charge in [-0.1, -0.05) is 12.1 Å². The Labute approximate surface area is 140 Å². The fraction of sp³-hybridized carbons (Fsp3) is 0.211. The smallest absolute Gasteiger partial charge is 0.236 e. The van der Waals surface area contributed by atoms with Crippen molar-refractivity contribution in [3.8, 4) is 17.2 Å². The molecule has 2 aromatic carbocycles. The third-order valence-electron chi connectivity index (χ3n) is 4.48. The van der Waals surface area contributed by atoms with Gasteiger partial charge in [-0.3, -0.25) is 4.79 Å². The molecule has 0 saturated carbocycles. The van der Waals surface area contributed by atoms with Gasteiger partial charge in [0.2, 0.25) is 12.7 Å². The van der Waals surface area contributed by atoms with Crippen molar-refractivity contribution in [2.75, 3.05) is 18.8 Å². The van der Waals surface area contributed by atoms with Gasteiger partial charge in [0.15, 0.2) is 11.5 Å². The van der Waals surface area contributed by atoms with Crippen LogP contribution < -0.4 is 19.1 Å². The highest BCUT2D eigenvalue weighted by Crippen LogP contribution is 2.46. The maximum absolute atomic E-state index is 12.5. The van der Waals surface area contributed by atoms with Crippen LogP contribution in [0.25, 0.3) is 0 Å². The van der Waals surface area contributed by atoms with Crippen molar-refractivity contribution in [1.29, 1.82) is 0 Å². The fourth-order valence-corrected chi connectivity index (χ4v) is 3.23. The zero-order valence-corrected chi connectivity index (χ0v) is 13.3. The third kappa shape index (κ3) is 2.12. The summed E-state index contributed by atoms with van der Waals surface area (Å²) in [5.41, 5.74) is 1.83. The van der Waals surface area contributed by atoms with Gasteiger partial charge in [0.25, 0.3) is 0 Å². The molecule has 122 valence electrons. The zero-order chi connectivity index (χ0) is 16.7. The van der Waals surface area contributed by atoms with Crippen molar-refractivity contribution in [1.82, 2.24) is 0 Å². The first-order chi connectivity index (χ1) is 11.7. The van der Waals surface area contributed by atoms with Crippen LogP contribution in [0.1, 0.15) is 11.6 Å². The first-order valence-electron chi connectivity index (χ1n) is 7.72. The first-order valence-corrected chi connectivity index (χ1v) is 7.72. The lowest BCUT2D eigenvalue weighted by Gasteiger charge is -2.46. The summed E-state index contributed by atoms with van der Waals surface area (Å²) in [4.78, 5) is 14.3. The van der Waals surface area contributed by atoms with Gasteiger partial charge >= 0.3 is 0 Å². The summed E-state index contributed by atoms with van der Waals surface area (Å²) in [5.74, 6) is 2.00. The van der Waals surface area contributed by atoms with E-state index in [1.807, 2.05) is 42.5 Å². The van der Waals surface area contributed by atoms with E-state index < -0.39 is 0 Å². The molecule has 0 bridgehead atoms. The van der Waals surface area contributed by atoms with Gasteiger partial charge in [0.1, 0.15) is 5.75 Å². The van der Waals surface area contributed by atoms with E-state index in [2.05, 4.69) is 6.58 Å². The predicted molar refractivity (Wildman–Crippen MR) is 89.5 cm³/mol. The van der Waals surface area contributed by atoms with Crippen molar-refractivity contribution in [3.05, 3.63) is 60.7 Å². The fourth-order valence-electron chi connectivity index (χ4n) is 3.23. The number of fused-ring (bicyclic) bond motifs is 1. The number of carbonyl (C=O) groups is 1. The molecule has 0 N–H and O–H groups in total. The highest BCUT2D eigenvalue weighted by atomic mass is 16.7. The number of nitrogens with zero attached hydrogens (tertiary/aromatic N) is 1. The number of ether oxygens (including phenoxy) is 3. The number of amides is 1. The van der Waals surface area contributed by atoms with E-state index in [0.29, 0.717) is 5.75 Å². The molecule has 0 spiro atoms. The van der Waals surface area contributed by atoms with Crippen LogP contribution >= 0.6 is 0 Å². The van der Waals surface area contributed by atoms with Crippen molar-refractivity contribution in [2.24, 2.45) is 5.92 Å².